The fourth-order valence-corrected chi connectivity index (χ4v) is 2.57. The summed E-state index contributed by atoms with van der Waals surface area (Å²) in [6, 6.07) is -0.162. The Kier molecular flexibility index (Phi) is 8.11. The predicted molar refractivity (Wildman–Crippen MR) is 77.1 cm³/mol. The van der Waals surface area contributed by atoms with Crippen LogP contribution >= 0.6 is 0 Å². The van der Waals surface area contributed by atoms with Crippen molar-refractivity contribution in [3.8, 4) is 0 Å². The molecule has 1 fully saturated rings. The molecule has 0 radical (unpaired) electrons. The summed E-state index contributed by atoms with van der Waals surface area (Å²) in [5.41, 5.74) is 2.97. The molecular formula is C15H29NO4. The molecule has 20 heavy (non-hydrogen) atoms. The number of rotatable bonds is 9. The molecular weight excluding hydrogens is 258 g/mol. The van der Waals surface area contributed by atoms with Crippen LogP contribution in [0.15, 0.2) is 0 Å². The Labute approximate surface area is 122 Å². The molecule has 1 aliphatic heterocycles. The third-order valence-corrected chi connectivity index (χ3v) is 3.62. The van der Waals surface area contributed by atoms with Crippen molar-refractivity contribution in [2.24, 2.45) is 11.8 Å². The molecule has 1 rings (SSSR count). The normalized spacial score (nSPS) is 22.7. The molecule has 5 heteroatoms. The molecule has 1 heterocycles. The van der Waals surface area contributed by atoms with Gasteiger partial charge in [0.25, 0.3) is 0 Å². The lowest BCUT2D eigenvalue weighted by Crippen LogP contribution is -2.43. The minimum absolute atomic E-state index is 0.162. The molecule has 0 spiro atoms. The first kappa shape index (κ1) is 17.4. The van der Waals surface area contributed by atoms with Gasteiger partial charge in [0.2, 0.25) is 0 Å². The molecule has 3 atom stereocenters. The monoisotopic (exact) mass is 287 g/mol. The van der Waals surface area contributed by atoms with Crippen molar-refractivity contribution in [1.29, 1.82) is 0 Å². The van der Waals surface area contributed by atoms with Crippen LogP contribution in [-0.2, 0) is 14.4 Å². The Morgan fingerprint density at radius 2 is 2.20 bits per heavy atom. The first-order valence-corrected chi connectivity index (χ1v) is 7.80. The van der Waals surface area contributed by atoms with E-state index >= 15 is 0 Å². The van der Waals surface area contributed by atoms with Crippen LogP contribution < -0.4 is 5.48 Å². The van der Waals surface area contributed by atoms with Crippen LogP contribution in [0.2, 0.25) is 0 Å². The number of nitrogens with one attached hydrogen (secondary N) is 1. The second kappa shape index (κ2) is 9.32. The zero-order valence-electron chi connectivity index (χ0n) is 12.9. The van der Waals surface area contributed by atoms with Crippen molar-refractivity contribution in [3.63, 3.8) is 0 Å². The highest BCUT2D eigenvalue weighted by Crippen LogP contribution is 2.21. The summed E-state index contributed by atoms with van der Waals surface area (Å²) in [5, 5.41) is 9.43. The molecule has 2 N–H and O–H groups in total. The fraction of sp³-hybridized carbons (Fsp3) is 0.933. The first-order valence-electron chi connectivity index (χ1n) is 7.80. The van der Waals surface area contributed by atoms with Gasteiger partial charge in [0.05, 0.1) is 5.92 Å². The Morgan fingerprint density at radius 1 is 1.45 bits per heavy atom. The number of ether oxygens (including phenoxy) is 1. The maximum Gasteiger partial charge on any atom is 0.308 e. The highest BCUT2D eigenvalue weighted by Gasteiger charge is 2.29. The molecule has 1 aliphatic rings. The van der Waals surface area contributed by atoms with Crippen LogP contribution in [0.5, 0.6) is 0 Å². The lowest BCUT2D eigenvalue weighted by atomic mass is 9.88. The van der Waals surface area contributed by atoms with E-state index in [1.807, 2.05) is 13.8 Å². The Balaban J connectivity index is 2.52. The molecule has 3 unspecified atom stereocenters. The largest absolute Gasteiger partial charge is 0.481 e. The van der Waals surface area contributed by atoms with Gasteiger partial charge in [-0.15, -0.1) is 0 Å². The number of hydrogen-bond acceptors (Lipinski definition) is 4. The predicted octanol–water partition coefficient (Wildman–Crippen LogP) is 2.95. The van der Waals surface area contributed by atoms with Crippen molar-refractivity contribution < 1.29 is 19.5 Å². The van der Waals surface area contributed by atoms with Crippen molar-refractivity contribution in [1.82, 2.24) is 5.48 Å². The van der Waals surface area contributed by atoms with Gasteiger partial charge in [-0.2, -0.15) is 5.48 Å². The van der Waals surface area contributed by atoms with E-state index < -0.39 is 11.9 Å². The van der Waals surface area contributed by atoms with Crippen LogP contribution in [-0.4, -0.2) is 30.0 Å². The number of aliphatic carboxylic acids is 1. The van der Waals surface area contributed by atoms with Gasteiger partial charge in [0.15, 0.2) is 6.29 Å². The summed E-state index contributed by atoms with van der Waals surface area (Å²) in [5.74, 6) is -0.820. The van der Waals surface area contributed by atoms with E-state index in [0.29, 0.717) is 12.3 Å². The third kappa shape index (κ3) is 6.20. The second-order valence-corrected chi connectivity index (χ2v) is 6.00. The smallest absolute Gasteiger partial charge is 0.308 e. The number of carboxylic acids is 1. The van der Waals surface area contributed by atoms with Crippen LogP contribution in [0.25, 0.3) is 0 Å². The highest BCUT2D eigenvalue weighted by atomic mass is 16.8. The molecule has 0 aromatic carbocycles. The summed E-state index contributed by atoms with van der Waals surface area (Å²) >= 11 is 0. The van der Waals surface area contributed by atoms with Gasteiger partial charge in [-0.25, -0.2) is 0 Å². The zero-order valence-corrected chi connectivity index (χ0v) is 12.9. The summed E-state index contributed by atoms with van der Waals surface area (Å²) < 4.78 is 5.50. The topological polar surface area (TPSA) is 67.8 Å². The van der Waals surface area contributed by atoms with Crippen LogP contribution in [0.1, 0.15) is 59.3 Å². The number of carbonyl (C=O) groups is 1. The summed E-state index contributed by atoms with van der Waals surface area (Å²) in [4.78, 5) is 17.1. The van der Waals surface area contributed by atoms with Gasteiger partial charge in [0, 0.05) is 19.1 Å². The first-order chi connectivity index (χ1) is 9.54. The van der Waals surface area contributed by atoms with E-state index in [2.05, 4.69) is 12.4 Å². The van der Waals surface area contributed by atoms with E-state index in [9.17, 15) is 9.90 Å². The third-order valence-electron chi connectivity index (χ3n) is 3.62. The maximum atomic E-state index is 11.5. The van der Waals surface area contributed by atoms with Crippen molar-refractivity contribution in [3.05, 3.63) is 0 Å². The van der Waals surface area contributed by atoms with E-state index in [1.165, 1.54) is 0 Å². The van der Waals surface area contributed by atoms with E-state index in [-0.39, 0.29) is 12.3 Å². The van der Waals surface area contributed by atoms with Crippen molar-refractivity contribution >= 4 is 5.97 Å². The Morgan fingerprint density at radius 3 is 2.70 bits per heavy atom. The number of hydrogen-bond donors (Lipinski definition) is 2. The van der Waals surface area contributed by atoms with Gasteiger partial charge < -0.3 is 9.84 Å². The van der Waals surface area contributed by atoms with E-state index in [1.54, 1.807) is 0 Å². The van der Waals surface area contributed by atoms with Crippen LogP contribution in [0.3, 0.4) is 0 Å². The van der Waals surface area contributed by atoms with Gasteiger partial charge in [-0.3, -0.25) is 9.63 Å². The molecule has 0 bridgehead atoms. The SMILES string of the molecule is CCCC(NOC1CCCCO1)C(CC(C)C)C(=O)O. The fourth-order valence-electron chi connectivity index (χ4n) is 2.57. The lowest BCUT2D eigenvalue weighted by molar-refractivity contribution is -0.208. The maximum absolute atomic E-state index is 11.5. The molecule has 0 aliphatic carbocycles. The second-order valence-electron chi connectivity index (χ2n) is 6.00. The highest BCUT2D eigenvalue weighted by molar-refractivity contribution is 5.70. The lowest BCUT2D eigenvalue weighted by Gasteiger charge is -2.29. The van der Waals surface area contributed by atoms with E-state index in [0.717, 1.165) is 38.7 Å². The summed E-state index contributed by atoms with van der Waals surface area (Å²) in [6.45, 7) is 6.87. The Bertz CT molecular complexity index is 277. The average Bonchev–Trinajstić information content (AvgIpc) is 2.42. The molecule has 0 aromatic rings. The summed E-state index contributed by atoms with van der Waals surface area (Å²) in [6.07, 6.45) is 5.17. The molecule has 5 nitrogen and oxygen atoms in total. The molecule has 0 saturated carbocycles. The van der Waals surface area contributed by atoms with Gasteiger partial charge in [-0.05, 0) is 31.6 Å². The Hall–Kier alpha value is -0.650. The zero-order chi connectivity index (χ0) is 15.0. The standard InChI is InChI=1S/C15H29NO4/c1-4-7-13(12(15(17)18)10-11(2)3)16-20-14-8-5-6-9-19-14/h11-14,16H,4-10H2,1-3H3,(H,17,18). The number of carboxylic acid groups (broad SMARTS) is 1. The van der Waals surface area contributed by atoms with Crippen LogP contribution in [0, 0.1) is 11.8 Å². The van der Waals surface area contributed by atoms with Gasteiger partial charge in [-0.1, -0.05) is 27.2 Å². The molecule has 0 aromatic heterocycles. The van der Waals surface area contributed by atoms with Gasteiger partial charge in [0.1, 0.15) is 0 Å². The van der Waals surface area contributed by atoms with E-state index in [4.69, 9.17) is 9.57 Å². The van der Waals surface area contributed by atoms with Crippen LogP contribution in [0.4, 0.5) is 0 Å². The minimum Gasteiger partial charge on any atom is -0.481 e. The average molecular weight is 287 g/mol. The molecule has 0 amide bonds. The number of hydroxylamine groups is 1. The molecule has 1 saturated heterocycles. The quantitative estimate of drug-likeness (QED) is 0.638. The minimum atomic E-state index is -0.752. The van der Waals surface area contributed by atoms with Gasteiger partial charge >= 0.3 is 5.97 Å². The molecule has 118 valence electrons. The van der Waals surface area contributed by atoms with Crippen molar-refractivity contribution in [2.45, 2.75) is 71.6 Å². The van der Waals surface area contributed by atoms with Crippen molar-refractivity contribution in [2.75, 3.05) is 6.61 Å². The summed E-state index contributed by atoms with van der Waals surface area (Å²) in [7, 11) is 0.